The third kappa shape index (κ3) is 7.33. The maximum atomic E-state index is 11.4. The minimum Gasteiger partial charge on any atom is -0.481 e. The van der Waals surface area contributed by atoms with Crippen molar-refractivity contribution in [3.63, 3.8) is 0 Å². The van der Waals surface area contributed by atoms with Crippen molar-refractivity contribution in [3.8, 4) is 0 Å². The normalized spacial score (nSPS) is 12.2. The van der Waals surface area contributed by atoms with Crippen LogP contribution in [0.25, 0.3) is 0 Å². The molecule has 1 rings (SSSR count). The molecule has 0 radical (unpaired) electrons. The highest BCUT2D eigenvalue weighted by molar-refractivity contribution is 6.43. The molecule has 0 aliphatic carbocycles. The molecular formula is C13H15Cl2NO4. The third-order valence-electron chi connectivity index (χ3n) is 2.49. The van der Waals surface area contributed by atoms with Gasteiger partial charge in [-0.25, -0.2) is 0 Å². The standard InChI is InChI=1S/C13H15Cl2NO4/c14-13(15)20-12(19)7-10(6-11(17)18)16-8-9-4-2-1-3-5-9/h1-5,10,13,16H,6-8H2,(H,17,18). The Morgan fingerprint density at radius 1 is 1.20 bits per heavy atom. The van der Waals surface area contributed by atoms with E-state index in [1.807, 2.05) is 30.3 Å². The summed E-state index contributed by atoms with van der Waals surface area (Å²) in [4.78, 5) is 22.2. The molecule has 1 atom stereocenters. The number of carbonyl (C=O) groups is 2. The Bertz CT molecular complexity index is 439. The number of carboxylic acids is 1. The van der Waals surface area contributed by atoms with Gasteiger partial charge >= 0.3 is 11.9 Å². The second kappa shape index (κ2) is 8.79. The number of hydrogen-bond donors (Lipinski definition) is 2. The molecule has 0 bridgehead atoms. The van der Waals surface area contributed by atoms with Gasteiger partial charge in [0.2, 0.25) is 0 Å². The molecule has 1 aromatic rings. The van der Waals surface area contributed by atoms with Gasteiger partial charge in [0.15, 0.2) is 0 Å². The summed E-state index contributed by atoms with van der Waals surface area (Å²) in [5.41, 5.74) is 0.990. The summed E-state index contributed by atoms with van der Waals surface area (Å²) in [6.07, 6.45) is -0.313. The molecule has 110 valence electrons. The smallest absolute Gasteiger partial charge is 0.309 e. The molecule has 2 N–H and O–H groups in total. The molecule has 0 fully saturated rings. The highest BCUT2D eigenvalue weighted by atomic mass is 35.5. The van der Waals surface area contributed by atoms with Crippen LogP contribution in [0.3, 0.4) is 0 Å². The van der Waals surface area contributed by atoms with Gasteiger partial charge in [-0.15, -0.1) is 0 Å². The van der Waals surface area contributed by atoms with Gasteiger partial charge in [0.25, 0.3) is 5.02 Å². The average molecular weight is 320 g/mol. The lowest BCUT2D eigenvalue weighted by Crippen LogP contribution is -2.34. The first-order valence-electron chi connectivity index (χ1n) is 5.94. The Labute approximate surface area is 126 Å². The zero-order valence-electron chi connectivity index (χ0n) is 10.6. The zero-order valence-corrected chi connectivity index (χ0v) is 12.1. The van der Waals surface area contributed by atoms with Crippen LogP contribution in [0.15, 0.2) is 30.3 Å². The fourth-order valence-corrected chi connectivity index (χ4v) is 1.83. The summed E-state index contributed by atoms with van der Waals surface area (Å²) in [6.45, 7) is 0.456. The van der Waals surface area contributed by atoms with Crippen molar-refractivity contribution in [2.24, 2.45) is 0 Å². The van der Waals surface area contributed by atoms with Gasteiger partial charge in [0, 0.05) is 12.6 Å². The largest absolute Gasteiger partial charge is 0.481 e. The number of esters is 1. The third-order valence-corrected chi connectivity index (χ3v) is 2.67. The molecule has 20 heavy (non-hydrogen) atoms. The van der Waals surface area contributed by atoms with Gasteiger partial charge in [0.1, 0.15) is 0 Å². The Morgan fingerprint density at radius 2 is 1.85 bits per heavy atom. The molecule has 5 nitrogen and oxygen atoms in total. The number of benzene rings is 1. The van der Waals surface area contributed by atoms with Gasteiger partial charge in [-0.1, -0.05) is 53.5 Å². The van der Waals surface area contributed by atoms with Crippen LogP contribution in [0.2, 0.25) is 0 Å². The molecule has 0 saturated heterocycles. The Balaban J connectivity index is 2.51. The number of ether oxygens (including phenoxy) is 1. The maximum Gasteiger partial charge on any atom is 0.309 e. The molecule has 0 aliphatic heterocycles. The predicted octanol–water partition coefficient (Wildman–Crippen LogP) is 2.31. The van der Waals surface area contributed by atoms with Crippen molar-refractivity contribution in [2.75, 3.05) is 0 Å². The maximum absolute atomic E-state index is 11.4. The van der Waals surface area contributed by atoms with E-state index in [-0.39, 0.29) is 12.8 Å². The highest BCUT2D eigenvalue weighted by Crippen LogP contribution is 2.09. The highest BCUT2D eigenvalue weighted by Gasteiger charge is 2.19. The minimum absolute atomic E-state index is 0.116. The second-order valence-electron chi connectivity index (χ2n) is 4.12. The summed E-state index contributed by atoms with van der Waals surface area (Å²) in [5, 5.41) is 10.6. The first-order valence-corrected chi connectivity index (χ1v) is 6.81. The van der Waals surface area contributed by atoms with Crippen LogP contribution in [-0.2, 0) is 20.9 Å². The lowest BCUT2D eigenvalue weighted by atomic mass is 10.1. The summed E-state index contributed by atoms with van der Waals surface area (Å²) in [5.74, 6) is -1.65. The number of alkyl halides is 2. The number of aliphatic carboxylic acids is 1. The van der Waals surface area contributed by atoms with Crippen LogP contribution in [0.5, 0.6) is 0 Å². The van der Waals surface area contributed by atoms with Crippen molar-refractivity contribution in [3.05, 3.63) is 35.9 Å². The molecule has 0 saturated carbocycles. The topological polar surface area (TPSA) is 75.6 Å². The van der Waals surface area contributed by atoms with E-state index in [0.29, 0.717) is 6.54 Å². The van der Waals surface area contributed by atoms with Gasteiger partial charge in [-0.05, 0) is 5.56 Å². The average Bonchev–Trinajstić information content (AvgIpc) is 2.35. The Kier molecular flexibility index (Phi) is 7.36. The number of carbonyl (C=O) groups excluding carboxylic acids is 1. The van der Waals surface area contributed by atoms with E-state index in [1.54, 1.807) is 0 Å². The van der Waals surface area contributed by atoms with Crippen LogP contribution >= 0.6 is 23.2 Å². The molecule has 0 spiro atoms. The first kappa shape index (κ1) is 16.8. The van der Waals surface area contributed by atoms with Crippen LogP contribution in [0.4, 0.5) is 0 Å². The lowest BCUT2D eigenvalue weighted by molar-refractivity contribution is -0.144. The molecule has 0 aromatic heterocycles. The van der Waals surface area contributed by atoms with Crippen LogP contribution in [0.1, 0.15) is 18.4 Å². The van der Waals surface area contributed by atoms with Gasteiger partial charge < -0.3 is 15.2 Å². The van der Waals surface area contributed by atoms with Crippen molar-refractivity contribution in [2.45, 2.75) is 30.5 Å². The van der Waals surface area contributed by atoms with E-state index >= 15 is 0 Å². The van der Waals surface area contributed by atoms with Crippen LogP contribution in [0, 0.1) is 0 Å². The van der Waals surface area contributed by atoms with Crippen LogP contribution < -0.4 is 5.32 Å². The zero-order chi connectivity index (χ0) is 15.0. The Morgan fingerprint density at radius 3 is 2.40 bits per heavy atom. The SMILES string of the molecule is O=C(O)CC(CC(=O)OC(Cl)Cl)NCc1ccccc1. The van der Waals surface area contributed by atoms with E-state index in [1.165, 1.54) is 0 Å². The number of hydrogen-bond acceptors (Lipinski definition) is 4. The number of rotatable bonds is 8. The number of nitrogens with one attached hydrogen (secondary N) is 1. The van der Waals surface area contributed by atoms with Gasteiger partial charge in [0.05, 0.1) is 12.8 Å². The number of halogens is 2. The molecule has 0 aliphatic rings. The van der Waals surface area contributed by atoms with E-state index in [2.05, 4.69) is 10.1 Å². The molecule has 1 aromatic carbocycles. The minimum atomic E-state index is -1.25. The monoisotopic (exact) mass is 319 g/mol. The van der Waals surface area contributed by atoms with Crippen LogP contribution in [-0.4, -0.2) is 28.1 Å². The van der Waals surface area contributed by atoms with E-state index in [4.69, 9.17) is 28.3 Å². The second-order valence-corrected chi connectivity index (χ2v) is 5.13. The summed E-state index contributed by atoms with van der Waals surface area (Å²) >= 11 is 10.6. The lowest BCUT2D eigenvalue weighted by Gasteiger charge is -2.16. The molecule has 1 unspecified atom stereocenters. The number of carboxylic acid groups (broad SMARTS) is 1. The molecule has 0 heterocycles. The van der Waals surface area contributed by atoms with Gasteiger partial charge in [-0.2, -0.15) is 0 Å². The van der Waals surface area contributed by atoms with Crippen molar-refractivity contribution < 1.29 is 19.4 Å². The van der Waals surface area contributed by atoms with Crippen molar-refractivity contribution >= 4 is 35.1 Å². The quantitative estimate of drug-likeness (QED) is 0.568. The summed E-state index contributed by atoms with van der Waals surface area (Å²) < 4.78 is 4.57. The van der Waals surface area contributed by atoms with Gasteiger partial charge in [-0.3, -0.25) is 9.59 Å². The summed E-state index contributed by atoms with van der Waals surface area (Å²) in [6, 6.07) is 8.89. The first-order chi connectivity index (χ1) is 9.47. The molecule has 7 heteroatoms. The van der Waals surface area contributed by atoms with E-state index in [9.17, 15) is 9.59 Å². The Hall–Kier alpha value is -1.30. The fourth-order valence-electron chi connectivity index (χ4n) is 1.63. The predicted molar refractivity (Wildman–Crippen MR) is 75.5 cm³/mol. The van der Waals surface area contributed by atoms with E-state index in [0.717, 1.165) is 5.56 Å². The fraction of sp³-hybridized carbons (Fsp3) is 0.385. The summed E-state index contributed by atoms with van der Waals surface area (Å²) in [7, 11) is 0. The molecule has 0 amide bonds. The van der Waals surface area contributed by atoms with E-state index < -0.39 is 23.0 Å². The van der Waals surface area contributed by atoms with Crippen molar-refractivity contribution in [1.82, 2.24) is 5.32 Å². The molecular weight excluding hydrogens is 305 g/mol. The van der Waals surface area contributed by atoms with Crippen molar-refractivity contribution in [1.29, 1.82) is 0 Å².